The summed E-state index contributed by atoms with van der Waals surface area (Å²) in [5.74, 6) is 0.645. The van der Waals surface area contributed by atoms with Crippen molar-refractivity contribution in [3.05, 3.63) is 65.2 Å². The maximum absolute atomic E-state index is 12.9. The minimum atomic E-state index is -3.48. The Hall–Kier alpha value is -2.26. The molecule has 2 aromatic carbocycles. The number of hydrogen-bond donors (Lipinski definition) is 0. The van der Waals surface area contributed by atoms with E-state index in [1.807, 2.05) is 12.1 Å². The third-order valence-corrected chi connectivity index (χ3v) is 8.18. The molecule has 0 unspecified atom stereocenters. The summed E-state index contributed by atoms with van der Waals surface area (Å²) in [6.45, 7) is 5.16. The quantitative estimate of drug-likeness (QED) is 0.582. The van der Waals surface area contributed by atoms with Gasteiger partial charge in [-0.1, -0.05) is 24.3 Å². The molecule has 0 radical (unpaired) electrons. The second-order valence-corrected chi connectivity index (χ2v) is 10.1. The summed E-state index contributed by atoms with van der Waals surface area (Å²) in [6, 6.07) is 14.8. The van der Waals surface area contributed by atoms with Gasteiger partial charge in [0.15, 0.2) is 0 Å². The number of piperazine rings is 1. The molecule has 8 heteroatoms. The van der Waals surface area contributed by atoms with Crippen LogP contribution in [0.25, 0.3) is 10.6 Å². The van der Waals surface area contributed by atoms with Gasteiger partial charge in [0.2, 0.25) is 10.0 Å². The van der Waals surface area contributed by atoms with Crippen LogP contribution in [0.5, 0.6) is 5.75 Å². The van der Waals surface area contributed by atoms with Gasteiger partial charge in [-0.2, -0.15) is 4.31 Å². The molecule has 4 rings (SSSR count). The van der Waals surface area contributed by atoms with Crippen molar-refractivity contribution in [1.82, 2.24) is 14.2 Å². The third kappa shape index (κ3) is 4.41. The van der Waals surface area contributed by atoms with E-state index in [1.54, 1.807) is 47.0 Å². The van der Waals surface area contributed by atoms with E-state index in [-0.39, 0.29) is 0 Å². The molecule has 0 spiro atoms. The highest BCUT2D eigenvalue weighted by Gasteiger charge is 2.28. The Bertz CT molecular complexity index is 1100. The standard InChI is InChI=1S/C22H25N3O3S2/c1-17-5-3-4-6-21(17)22-23-18(16-29-22)15-24-11-13-25(14-12-24)30(26,27)20-9-7-19(28-2)8-10-20/h3-10,16H,11-15H2,1-2H3. The first-order chi connectivity index (χ1) is 14.5. The van der Waals surface area contributed by atoms with Crippen molar-refractivity contribution in [2.45, 2.75) is 18.4 Å². The fourth-order valence-electron chi connectivity index (χ4n) is 3.57. The van der Waals surface area contributed by atoms with Gasteiger partial charge < -0.3 is 4.74 Å². The van der Waals surface area contributed by atoms with E-state index in [9.17, 15) is 8.42 Å². The molecule has 0 amide bonds. The predicted octanol–water partition coefficient (Wildman–Crippen LogP) is 3.63. The monoisotopic (exact) mass is 443 g/mol. The van der Waals surface area contributed by atoms with Crippen molar-refractivity contribution in [3.63, 3.8) is 0 Å². The molecule has 6 nitrogen and oxygen atoms in total. The number of sulfonamides is 1. The molecule has 3 aromatic rings. The Balaban J connectivity index is 1.37. The van der Waals surface area contributed by atoms with Crippen molar-refractivity contribution in [2.75, 3.05) is 33.3 Å². The number of benzene rings is 2. The predicted molar refractivity (Wildman–Crippen MR) is 119 cm³/mol. The first-order valence-electron chi connectivity index (χ1n) is 9.84. The van der Waals surface area contributed by atoms with Crippen molar-refractivity contribution in [3.8, 4) is 16.3 Å². The third-order valence-electron chi connectivity index (χ3n) is 5.34. The number of thiazole rings is 1. The maximum Gasteiger partial charge on any atom is 0.243 e. The molecule has 1 fully saturated rings. The molecule has 0 aliphatic carbocycles. The number of hydrogen-bond acceptors (Lipinski definition) is 6. The van der Waals surface area contributed by atoms with E-state index in [1.165, 1.54) is 11.1 Å². The zero-order chi connectivity index (χ0) is 21.1. The average molecular weight is 444 g/mol. The van der Waals surface area contributed by atoms with Gasteiger partial charge in [-0.15, -0.1) is 11.3 Å². The molecular formula is C22H25N3O3S2. The normalized spacial score (nSPS) is 15.9. The molecule has 1 aromatic heterocycles. The van der Waals surface area contributed by atoms with E-state index in [0.29, 0.717) is 36.8 Å². The highest BCUT2D eigenvalue weighted by Crippen LogP contribution is 2.27. The molecule has 1 aliphatic heterocycles. The van der Waals surface area contributed by atoms with Crippen LogP contribution < -0.4 is 4.74 Å². The van der Waals surface area contributed by atoms with Gasteiger partial charge in [0, 0.05) is 43.7 Å². The summed E-state index contributed by atoms with van der Waals surface area (Å²) in [6.07, 6.45) is 0. The molecule has 158 valence electrons. The van der Waals surface area contributed by atoms with Crippen LogP contribution in [0.1, 0.15) is 11.3 Å². The van der Waals surface area contributed by atoms with Crippen molar-refractivity contribution in [2.24, 2.45) is 0 Å². The Morgan fingerprint density at radius 2 is 1.73 bits per heavy atom. The topological polar surface area (TPSA) is 62.7 Å². The lowest BCUT2D eigenvalue weighted by Crippen LogP contribution is -2.48. The molecular weight excluding hydrogens is 418 g/mol. The zero-order valence-corrected chi connectivity index (χ0v) is 18.7. The molecule has 0 N–H and O–H groups in total. The summed E-state index contributed by atoms with van der Waals surface area (Å²) < 4.78 is 32.5. The van der Waals surface area contributed by atoms with Gasteiger partial charge >= 0.3 is 0 Å². The Kier molecular flexibility index (Phi) is 6.19. The lowest BCUT2D eigenvalue weighted by Gasteiger charge is -2.33. The summed E-state index contributed by atoms with van der Waals surface area (Å²) in [4.78, 5) is 7.37. The lowest BCUT2D eigenvalue weighted by atomic mass is 10.1. The molecule has 0 saturated carbocycles. The number of aryl methyl sites for hydroxylation is 1. The van der Waals surface area contributed by atoms with Crippen LogP contribution in [0, 0.1) is 6.92 Å². The van der Waals surface area contributed by atoms with Gasteiger partial charge in [-0.05, 0) is 36.8 Å². The van der Waals surface area contributed by atoms with Gasteiger partial charge in [0.05, 0.1) is 17.7 Å². The van der Waals surface area contributed by atoms with Crippen LogP contribution in [0.4, 0.5) is 0 Å². The van der Waals surface area contributed by atoms with Crippen molar-refractivity contribution in [1.29, 1.82) is 0 Å². The average Bonchev–Trinajstić information content (AvgIpc) is 3.22. The Morgan fingerprint density at radius 1 is 1.03 bits per heavy atom. The first kappa shape index (κ1) is 21.0. The SMILES string of the molecule is COc1ccc(S(=O)(=O)N2CCN(Cc3csc(-c4ccccc4C)n3)CC2)cc1. The van der Waals surface area contributed by atoms with Gasteiger partial charge in [-0.3, -0.25) is 4.90 Å². The number of aromatic nitrogens is 1. The highest BCUT2D eigenvalue weighted by molar-refractivity contribution is 7.89. The molecule has 0 bridgehead atoms. The highest BCUT2D eigenvalue weighted by atomic mass is 32.2. The second kappa shape index (κ2) is 8.85. The Morgan fingerprint density at radius 3 is 2.40 bits per heavy atom. The van der Waals surface area contributed by atoms with Crippen LogP contribution in [-0.2, 0) is 16.6 Å². The lowest BCUT2D eigenvalue weighted by molar-refractivity contribution is 0.180. The van der Waals surface area contributed by atoms with Crippen LogP contribution in [-0.4, -0.2) is 55.9 Å². The van der Waals surface area contributed by atoms with Crippen LogP contribution >= 0.6 is 11.3 Å². The number of methoxy groups -OCH3 is 1. The van der Waals surface area contributed by atoms with Crippen LogP contribution in [0.2, 0.25) is 0 Å². The zero-order valence-electron chi connectivity index (χ0n) is 17.1. The van der Waals surface area contributed by atoms with Crippen molar-refractivity contribution < 1.29 is 13.2 Å². The molecule has 30 heavy (non-hydrogen) atoms. The van der Waals surface area contributed by atoms with E-state index in [2.05, 4.69) is 29.3 Å². The molecule has 0 atom stereocenters. The summed E-state index contributed by atoms with van der Waals surface area (Å²) >= 11 is 1.66. The molecule has 2 heterocycles. The van der Waals surface area contributed by atoms with E-state index in [0.717, 1.165) is 17.2 Å². The number of rotatable bonds is 6. The minimum absolute atomic E-state index is 0.305. The van der Waals surface area contributed by atoms with Crippen LogP contribution in [0.3, 0.4) is 0 Å². The largest absolute Gasteiger partial charge is 0.497 e. The van der Waals surface area contributed by atoms with Gasteiger partial charge in [0.25, 0.3) is 0 Å². The summed E-state index contributed by atoms with van der Waals surface area (Å²) in [7, 11) is -1.92. The Labute approximate surface area is 181 Å². The molecule has 1 saturated heterocycles. The van der Waals surface area contributed by atoms with Crippen molar-refractivity contribution >= 4 is 21.4 Å². The van der Waals surface area contributed by atoms with E-state index < -0.39 is 10.0 Å². The maximum atomic E-state index is 12.9. The second-order valence-electron chi connectivity index (χ2n) is 7.31. The summed E-state index contributed by atoms with van der Waals surface area (Å²) in [5.41, 5.74) is 3.42. The first-order valence-corrected chi connectivity index (χ1v) is 12.2. The smallest absolute Gasteiger partial charge is 0.243 e. The fourth-order valence-corrected chi connectivity index (χ4v) is 5.89. The minimum Gasteiger partial charge on any atom is -0.497 e. The summed E-state index contributed by atoms with van der Waals surface area (Å²) in [5, 5.41) is 3.13. The van der Waals surface area contributed by atoms with E-state index >= 15 is 0 Å². The van der Waals surface area contributed by atoms with Crippen LogP contribution in [0.15, 0.2) is 58.8 Å². The number of ether oxygens (including phenoxy) is 1. The fraction of sp³-hybridized carbons (Fsp3) is 0.318. The molecule has 1 aliphatic rings. The van der Waals surface area contributed by atoms with E-state index in [4.69, 9.17) is 9.72 Å². The van der Waals surface area contributed by atoms with Gasteiger partial charge in [-0.25, -0.2) is 13.4 Å². The number of nitrogens with zero attached hydrogens (tertiary/aromatic N) is 3. The van der Waals surface area contributed by atoms with Gasteiger partial charge in [0.1, 0.15) is 10.8 Å².